The number of hydrogen-bond acceptors (Lipinski definition) is 4. The first kappa shape index (κ1) is 22.5. The summed E-state index contributed by atoms with van der Waals surface area (Å²) >= 11 is 0. The van der Waals surface area contributed by atoms with Crippen molar-refractivity contribution < 1.29 is 17.4 Å². The van der Waals surface area contributed by atoms with Gasteiger partial charge >= 0.3 is 8.80 Å². The zero-order chi connectivity index (χ0) is 17.3. The molecule has 0 radical (unpaired) electrons. The molecular weight excluding hydrogens is 328 g/mol. The van der Waals surface area contributed by atoms with E-state index in [-0.39, 0.29) is 0 Å². The smallest absolute Gasteiger partial charge is 0.456 e. The van der Waals surface area contributed by atoms with Crippen LogP contribution in [-0.2, 0) is 17.4 Å². The van der Waals surface area contributed by atoms with Crippen molar-refractivity contribution in [3.05, 3.63) is 0 Å². The largest absolute Gasteiger partial charge is 0.500 e. The minimum Gasteiger partial charge on any atom is -0.456 e. The summed E-state index contributed by atoms with van der Waals surface area (Å²) in [5, 5.41) is 0. The fourth-order valence-corrected chi connectivity index (χ4v) is 16.5. The molecule has 22 heavy (non-hydrogen) atoms. The Hall–Kier alpha value is 0.491. The van der Waals surface area contributed by atoms with Crippen molar-refractivity contribution in [1.82, 2.24) is 0 Å². The third-order valence-corrected chi connectivity index (χ3v) is 14.7. The molecule has 0 aromatic heterocycles. The summed E-state index contributed by atoms with van der Waals surface area (Å²) in [6.07, 6.45) is 1.21. The zero-order valence-electron chi connectivity index (χ0n) is 16.1. The lowest BCUT2D eigenvalue weighted by atomic mass is 10.6. The molecule has 0 heterocycles. The average Bonchev–Trinajstić information content (AvgIpc) is 2.36. The fraction of sp³-hybridized carbons (Fsp3) is 1.00. The topological polar surface area (TPSA) is 36.9 Å². The van der Waals surface area contributed by atoms with E-state index < -0.39 is 25.4 Å². The molecular formula is C15H38O4Si3. The fourth-order valence-electron chi connectivity index (χ4n) is 2.91. The van der Waals surface area contributed by atoms with Gasteiger partial charge in [-0.15, -0.1) is 0 Å². The van der Waals surface area contributed by atoms with E-state index in [0.29, 0.717) is 19.8 Å². The Balaban J connectivity index is 4.79. The summed E-state index contributed by atoms with van der Waals surface area (Å²) in [4.78, 5) is 0. The molecule has 0 bridgehead atoms. The lowest BCUT2D eigenvalue weighted by molar-refractivity contribution is 0.0723. The van der Waals surface area contributed by atoms with E-state index in [9.17, 15) is 0 Å². The summed E-state index contributed by atoms with van der Waals surface area (Å²) in [5.41, 5.74) is 0. The maximum atomic E-state index is 6.63. The summed E-state index contributed by atoms with van der Waals surface area (Å²) in [6.45, 7) is 19.5. The standard InChI is InChI=1S/C15H38O4Si3/c1-9-13-20(5,6)19-21(7,8)14-15-22(16-10-2,17-11-3)18-12-4/h9-15H2,1-8H3. The highest BCUT2D eigenvalue weighted by Crippen LogP contribution is 2.28. The van der Waals surface area contributed by atoms with Crippen LogP contribution < -0.4 is 0 Å². The molecule has 0 aromatic rings. The van der Waals surface area contributed by atoms with Gasteiger partial charge in [0.05, 0.1) is 0 Å². The first-order valence-corrected chi connectivity index (χ1v) is 16.9. The van der Waals surface area contributed by atoms with E-state index >= 15 is 0 Å². The van der Waals surface area contributed by atoms with Crippen molar-refractivity contribution in [2.75, 3.05) is 19.8 Å². The molecule has 4 nitrogen and oxygen atoms in total. The van der Waals surface area contributed by atoms with Crippen LogP contribution in [0.2, 0.25) is 44.3 Å². The Morgan fingerprint density at radius 2 is 1.00 bits per heavy atom. The Morgan fingerprint density at radius 3 is 1.36 bits per heavy atom. The first-order valence-electron chi connectivity index (χ1n) is 8.78. The second-order valence-electron chi connectivity index (χ2n) is 6.85. The Morgan fingerprint density at radius 1 is 0.591 bits per heavy atom. The molecule has 0 atom stereocenters. The molecule has 0 fully saturated rings. The van der Waals surface area contributed by atoms with Gasteiger partial charge in [-0.25, -0.2) is 0 Å². The Kier molecular flexibility index (Phi) is 10.6. The Labute approximate surface area is 141 Å². The van der Waals surface area contributed by atoms with Gasteiger partial charge in [0.25, 0.3) is 0 Å². The molecule has 0 aliphatic heterocycles. The zero-order valence-corrected chi connectivity index (χ0v) is 19.1. The van der Waals surface area contributed by atoms with Gasteiger partial charge < -0.3 is 17.4 Å². The second-order valence-corrected chi connectivity index (χ2v) is 18.4. The minimum absolute atomic E-state index is 0.644. The molecule has 0 amide bonds. The summed E-state index contributed by atoms with van der Waals surface area (Å²) in [6, 6.07) is 3.14. The minimum atomic E-state index is -2.53. The van der Waals surface area contributed by atoms with Crippen molar-refractivity contribution >= 4 is 25.4 Å². The van der Waals surface area contributed by atoms with Gasteiger partial charge in [-0.1, -0.05) is 13.3 Å². The molecule has 0 saturated carbocycles. The molecule has 0 rings (SSSR count). The third kappa shape index (κ3) is 8.95. The van der Waals surface area contributed by atoms with Gasteiger partial charge in [0.1, 0.15) is 0 Å². The van der Waals surface area contributed by atoms with E-state index in [2.05, 4.69) is 33.1 Å². The summed E-state index contributed by atoms with van der Waals surface area (Å²) in [7, 11) is -5.78. The van der Waals surface area contributed by atoms with E-state index in [0.717, 1.165) is 12.1 Å². The molecule has 0 spiro atoms. The highest BCUT2D eigenvalue weighted by molar-refractivity contribution is 6.85. The molecule has 7 heteroatoms. The van der Waals surface area contributed by atoms with Gasteiger partial charge in [0.15, 0.2) is 16.6 Å². The van der Waals surface area contributed by atoms with E-state index in [4.69, 9.17) is 17.4 Å². The van der Waals surface area contributed by atoms with E-state index in [1.807, 2.05) is 20.8 Å². The highest BCUT2D eigenvalue weighted by Gasteiger charge is 2.43. The molecule has 0 aliphatic rings. The maximum absolute atomic E-state index is 6.63. The van der Waals surface area contributed by atoms with Gasteiger partial charge in [-0.3, -0.25) is 0 Å². The normalized spacial score (nSPS) is 13.6. The van der Waals surface area contributed by atoms with Crippen molar-refractivity contribution in [2.45, 2.75) is 78.4 Å². The predicted molar refractivity (Wildman–Crippen MR) is 101 cm³/mol. The van der Waals surface area contributed by atoms with Crippen LogP contribution in [-0.4, -0.2) is 45.3 Å². The molecule has 0 saturated heterocycles. The molecule has 0 aliphatic carbocycles. The van der Waals surface area contributed by atoms with Crippen LogP contribution in [0.5, 0.6) is 0 Å². The van der Waals surface area contributed by atoms with Crippen molar-refractivity contribution in [3.8, 4) is 0 Å². The number of hydrogen-bond donors (Lipinski definition) is 0. The predicted octanol–water partition coefficient (Wildman–Crippen LogP) is 4.87. The van der Waals surface area contributed by atoms with Crippen LogP contribution in [0.4, 0.5) is 0 Å². The first-order chi connectivity index (χ1) is 10.2. The molecule has 0 N–H and O–H groups in total. The summed E-state index contributed by atoms with van der Waals surface area (Å²) < 4.78 is 24.5. The van der Waals surface area contributed by atoms with E-state index in [1.54, 1.807) is 0 Å². The van der Waals surface area contributed by atoms with Crippen LogP contribution in [0.25, 0.3) is 0 Å². The van der Waals surface area contributed by atoms with Gasteiger partial charge in [0.2, 0.25) is 0 Å². The Bertz CT molecular complexity index is 281. The maximum Gasteiger partial charge on any atom is 0.500 e. The molecule has 134 valence electrons. The van der Waals surface area contributed by atoms with Crippen LogP contribution in [0.15, 0.2) is 0 Å². The van der Waals surface area contributed by atoms with Gasteiger partial charge in [-0.2, -0.15) is 0 Å². The average molecular weight is 367 g/mol. The van der Waals surface area contributed by atoms with Crippen LogP contribution in [0.3, 0.4) is 0 Å². The quantitative estimate of drug-likeness (QED) is 0.436. The SMILES string of the molecule is CCC[Si](C)(C)O[Si](C)(C)CC[Si](OCC)(OCC)OCC. The molecule has 0 unspecified atom stereocenters. The van der Waals surface area contributed by atoms with E-state index in [1.165, 1.54) is 12.5 Å². The monoisotopic (exact) mass is 366 g/mol. The lowest BCUT2D eigenvalue weighted by Crippen LogP contribution is -2.50. The van der Waals surface area contributed by atoms with Gasteiger partial charge in [-0.05, 0) is 59.0 Å². The summed E-state index contributed by atoms with van der Waals surface area (Å²) in [5.74, 6) is 0. The van der Waals surface area contributed by atoms with Crippen LogP contribution in [0.1, 0.15) is 34.1 Å². The second kappa shape index (κ2) is 10.4. The number of rotatable bonds is 13. The van der Waals surface area contributed by atoms with Crippen LogP contribution in [0, 0.1) is 0 Å². The van der Waals surface area contributed by atoms with Crippen molar-refractivity contribution in [3.63, 3.8) is 0 Å². The highest BCUT2D eigenvalue weighted by atomic mass is 28.4. The molecule has 0 aromatic carbocycles. The van der Waals surface area contributed by atoms with Crippen LogP contribution >= 0.6 is 0 Å². The van der Waals surface area contributed by atoms with Crippen molar-refractivity contribution in [1.29, 1.82) is 0 Å². The lowest BCUT2D eigenvalue weighted by Gasteiger charge is -2.36. The third-order valence-electron chi connectivity index (χ3n) is 3.53. The van der Waals surface area contributed by atoms with Gasteiger partial charge in [0, 0.05) is 25.9 Å². The van der Waals surface area contributed by atoms with Crippen molar-refractivity contribution in [2.24, 2.45) is 0 Å².